The normalized spacial score (nSPS) is 16.9. The van der Waals surface area contributed by atoms with Gasteiger partial charge in [0.25, 0.3) is 5.91 Å². The Hall–Kier alpha value is -1.66. The maximum Gasteiger partial charge on any atom is 0.276 e. The predicted octanol–water partition coefficient (Wildman–Crippen LogP) is 2.40. The van der Waals surface area contributed by atoms with Crippen LogP contribution < -0.4 is 5.32 Å². The highest BCUT2D eigenvalue weighted by molar-refractivity contribution is 9.10. The van der Waals surface area contributed by atoms with Crippen LogP contribution in [0.2, 0.25) is 0 Å². The zero-order chi connectivity index (χ0) is 14.0. The molecule has 1 aromatic carbocycles. The summed E-state index contributed by atoms with van der Waals surface area (Å²) in [5, 5.41) is 12.9. The van der Waals surface area contributed by atoms with Crippen LogP contribution in [-0.2, 0) is 4.79 Å². The average Bonchev–Trinajstić information content (AvgIpc) is 2.62. The molecule has 2 N–H and O–H groups in total. The molecule has 6 heteroatoms. The SMILES string of the molecule is C=CCN1C(=O)C(=Cc2cc(Br)ccc2O)NC1=S. The molecular formula is C13H11BrN2O2S. The summed E-state index contributed by atoms with van der Waals surface area (Å²) in [6, 6.07) is 4.99. The van der Waals surface area contributed by atoms with Crippen LogP contribution in [0.15, 0.2) is 41.0 Å². The van der Waals surface area contributed by atoms with Crippen molar-refractivity contribution in [1.82, 2.24) is 10.2 Å². The molecule has 1 heterocycles. The Balaban J connectivity index is 2.34. The summed E-state index contributed by atoms with van der Waals surface area (Å²) in [7, 11) is 0. The number of carbonyl (C=O) groups excluding carboxylic acids is 1. The molecule has 0 atom stereocenters. The molecule has 19 heavy (non-hydrogen) atoms. The van der Waals surface area contributed by atoms with E-state index in [1.165, 1.54) is 4.90 Å². The van der Waals surface area contributed by atoms with E-state index in [0.717, 1.165) is 4.47 Å². The standard InChI is InChI=1S/C13H11BrN2O2S/c1-2-5-16-12(18)10(15-13(16)19)7-8-6-9(14)3-4-11(8)17/h2-4,6-7,17H,1,5H2,(H,15,19). The number of nitrogens with zero attached hydrogens (tertiary/aromatic N) is 1. The number of rotatable bonds is 3. The fraction of sp³-hybridized carbons (Fsp3) is 0.0769. The lowest BCUT2D eigenvalue weighted by molar-refractivity contribution is -0.122. The second-order valence-electron chi connectivity index (χ2n) is 3.90. The van der Waals surface area contributed by atoms with Gasteiger partial charge in [-0.15, -0.1) is 6.58 Å². The van der Waals surface area contributed by atoms with Gasteiger partial charge in [0.1, 0.15) is 11.4 Å². The van der Waals surface area contributed by atoms with E-state index in [4.69, 9.17) is 12.2 Å². The monoisotopic (exact) mass is 338 g/mol. The molecule has 1 fully saturated rings. The van der Waals surface area contributed by atoms with Crippen LogP contribution in [0, 0.1) is 0 Å². The highest BCUT2D eigenvalue weighted by atomic mass is 79.9. The topological polar surface area (TPSA) is 52.6 Å². The summed E-state index contributed by atoms with van der Waals surface area (Å²) in [6.45, 7) is 3.93. The summed E-state index contributed by atoms with van der Waals surface area (Å²) in [5.41, 5.74) is 0.869. The van der Waals surface area contributed by atoms with Crippen molar-refractivity contribution >= 4 is 45.2 Å². The van der Waals surface area contributed by atoms with Crippen molar-refractivity contribution in [3.8, 4) is 5.75 Å². The van der Waals surface area contributed by atoms with Crippen molar-refractivity contribution < 1.29 is 9.90 Å². The number of halogens is 1. The van der Waals surface area contributed by atoms with Gasteiger partial charge in [-0.1, -0.05) is 22.0 Å². The zero-order valence-corrected chi connectivity index (χ0v) is 12.3. The molecule has 4 nitrogen and oxygen atoms in total. The Labute approximate surface area is 124 Å². The maximum atomic E-state index is 12.1. The Kier molecular flexibility index (Phi) is 4.01. The lowest BCUT2D eigenvalue weighted by Crippen LogP contribution is -2.30. The van der Waals surface area contributed by atoms with E-state index in [2.05, 4.69) is 27.8 Å². The molecule has 0 spiro atoms. The Morgan fingerprint density at radius 3 is 2.95 bits per heavy atom. The first kappa shape index (κ1) is 13.8. The smallest absolute Gasteiger partial charge is 0.276 e. The van der Waals surface area contributed by atoms with Gasteiger partial charge >= 0.3 is 0 Å². The second-order valence-corrected chi connectivity index (χ2v) is 5.20. The molecule has 1 aliphatic rings. The van der Waals surface area contributed by atoms with Crippen LogP contribution in [-0.4, -0.2) is 27.6 Å². The van der Waals surface area contributed by atoms with Gasteiger partial charge in [0, 0.05) is 16.6 Å². The van der Waals surface area contributed by atoms with E-state index >= 15 is 0 Å². The van der Waals surface area contributed by atoms with Gasteiger partial charge < -0.3 is 10.4 Å². The zero-order valence-electron chi connectivity index (χ0n) is 9.89. The molecule has 0 aromatic heterocycles. The van der Waals surface area contributed by atoms with Crippen LogP contribution in [0.25, 0.3) is 6.08 Å². The molecule has 1 aliphatic heterocycles. The molecule has 0 unspecified atom stereocenters. The Morgan fingerprint density at radius 2 is 2.26 bits per heavy atom. The number of phenolic OH excluding ortho intramolecular Hbond substituents is 1. The van der Waals surface area contributed by atoms with Gasteiger partial charge in [-0.3, -0.25) is 9.69 Å². The minimum absolute atomic E-state index is 0.0957. The van der Waals surface area contributed by atoms with Crippen molar-refractivity contribution in [3.05, 3.63) is 46.6 Å². The highest BCUT2D eigenvalue weighted by Crippen LogP contribution is 2.25. The second kappa shape index (κ2) is 5.54. The lowest BCUT2D eigenvalue weighted by Gasteiger charge is -2.09. The van der Waals surface area contributed by atoms with E-state index in [1.54, 1.807) is 30.4 Å². The summed E-state index contributed by atoms with van der Waals surface area (Å²) < 4.78 is 0.813. The molecule has 1 aromatic rings. The highest BCUT2D eigenvalue weighted by Gasteiger charge is 2.29. The number of amides is 1. The van der Waals surface area contributed by atoms with Crippen molar-refractivity contribution in [1.29, 1.82) is 0 Å². The largest absolute Gasteiger partial charge is 0.507 e. The lowest BCUT2D eigenvalue weighted by atomic mass is 10.1. The van der Waals surface area contributed by atoms with Crippen molar-refractivity contribution in [2.75, 3.05) is 6.54 Å². The molecule has 1 amide bonds. The van der Waals surface area contributed by atoms with E-state index in [1.807, 2.05) is 0 Å². The number of hydrogen-bond acceptors (Lipinski definition) is 3. The van der Waals surface area contributed by atoms with Crippen LogP contribution in [0.5, 0.6) is 5.75 Å². The van der Waals surface area contributed by atoms with E-state index in [-0.39, 0.29) is 11.7 Å². The molecule has 1 saturated heterocycles. The number of aromatic hydroxyl groups is 1. The first-order valence-electron chi connectivity index (χ1n) is 5.47. The number of nitrogens with one attached hydrogen (secondary N) is 1. The summed E-state index contributed by atoms with van der Waals surface area (Å²) in [6.07, 6.45) is 3.17. The van der Waals surface area contributed by atoms with Crippen LogP contribution >= 0.6 is 28.1 Å². The Morgan fingerprint density at radius 1 is 1.53 bits per heavy atom. The van der Waals surface area contributed by atoms with Crippen molar-refractivity contribution in [2.45, 2.75) is 0 Å². The van der Waals surface area contributed by atoms with Crippen molar-refractivity contribution in [3.63, 3.8) is 0 Å². The third-order valence-corrected chi connectivity index (χ3v) is 3.38. The minimum atomic E-state index is -0.232. The van der Waals surface area contributed by atoms with Crippen LogP contribution in [0.3, 0.4) is 0 Å². The number of phenols is 1. The van der Waals surface area contributed by atoms with Crippen LogP contribution in [0.4, 0.5) is 0 Å². The van der Waals surface area contributed by atoms with Gasteiger partial charge in [0.2, 0.25) is 0 Å². The molecule has 0 bridgehead atoms. The number of thiocarbonyl (C=S) groups is 1. The number of carbonyl (C=O) groups is 1. The molecular weight excluding hydrogens is 328 g/mol. The molecule has 0 aliphatic carbocycles. The molecule has 0 saturated carbocycles. The van der Waals surface area contributed by atoms with Crippen LogP contribution in [0.1, 0.15) is 5.56 Å². The molecule has 0 radical (unpaired) electrons. The first-order valence-corrected chi connectivity index (χ1v) is 6.67. The maximum absolute atomic E-state index is 12.1. The summed E-state index contributed by atoms with van der Waals surface area (Å²) in [5.74, 6) is -0.136. The van der Waals surface area contributed by atoms with E-state index in [9.17, 15) is 9.90 Å². The van der Waals surface area contributed by atoms with E-state index < -0.39 is 0 Å². The van der Waals surface area contributed by atoms with Gasteiger partial charge in [0.15, 0.2) is 5.11 Å². The minimum Gasteiger partial charge on any atom is -0.507 e. The quantitative estimate of drug-likeness (QED) is 0.504. The van der Waals surface area contributed by atoms with Gasteiger partial charge in [0.05, 0.1) is 0 Å². The fourth-order valence-corrected chi connectivity index (χ4v) is 2.31. The molecule has 2 rings (SSSR count). The third kappa shape index (κ3) is 2.85. The summed E-state index contributed by atoms with van der Waals surface area (Å²) in [4.78, 5) is 13.5. The first-order chi connectivity index (χ1) is 9.02. The third-order valence-electron chi connectivity index (χ3n) is 2.56. The number of hydrogen-bond donors (Lipinski definition) is 2. The van der Waals surface area contributed by atoms with Gasteiger partial charge in [-0.2, -0.15) is 0 Å². The average molecular weight is 339 g/mol. The fourth-order valence-electron chi connectivity index (χ4n) is 1.66. The van der Waals surface area contributed by atoms with Crippen molar-refractivity contribution in [2.24, 2.45) is 0 Å². The predicted molar refractivity (Wildman–Crippen MR) is 81.4 cm³/mol. The number of benzene rings is 1. The van der Waals surface area contributed by atoms with Gasteiger partial charge in [-0.05, 0) is 36.5 Å². The summed E-state index contributed by atoms with van der Waals surface area (Å²) >= 11 is 8.38. The molecule has 98 valence electrons. The van der Waals surface area contributed by atoms with E-state index in [0.29, 0.717) is 22.9 Å². The van der Waals surface area contributed by atoms with Gasteiger partial charge in [-0.25, -0.2) is 0 Å². The Bertz CT molecular complexity index is 598.